The molecular weight excluding hydrogens is 484 g/mol. The van der Waals surface area contributed by atoms with Gasteiger partial charge in [-0.3, -0.25) is 0 Å². The average molecular weight is 511 g/mol. The molecule has 188 valence electrons. The van der Waals surface area contributed by atoms with Crippen LogP contribution in [0.1, 0.15) is 5.56 Å². The van der Waals surface area contributed by atoms with Crippen LogP contribution < -0.4 is 0 Å². The number of para-hydroxylation sites is 2. The molecule has 0 amide bonds. The highest BCUT2D eigenvalue weighted by Gasteiger charge is 2.18. The van der Waals surface area contributed by atoms with Gasteiger partial charge in [-0.05, 0) is 74.0 Å². The molecule has 0 aliphatic carbocycles. The molecule has 0 saturated heterocycles. The van der Waals surface area contributed by atoms with Crippen molar-refractivity contribution in [3.05, 3.63) is 145 Å². The van der Waals surface area contributed by atoms with Crippen LogP contribution in [0, 0.1) is 6.92 Å². The SMILES string of the molecule is Cc1ccccc1-c1c2ccccc2c(-c2cccc(-c3cccc4c3oc3ccccc34)c2)c2ccccc12. The standard InChI is InChI=1S/C39H26O/c1-25-12-2-3-15-28(25)38-33-19-6-4-17-31(33)37(32-18-5-7-20-34(32)38)27-14-10-13-26(24-27)29-21-11-22-35-30-16-8-9-23-36(30)40-39(29)35/h2-24H,1H3. The third kappa shape index (κ3) is 3.41. The van der Waals surface area contributed by atoms with Gasteiger partial charge in [-0.25, -0.2) is 0 Å². The van der Waals surface area contributed by atoms with Crippen LogP contribution in [0.4, 0.5) is 0 Å². The van der Waals surface area contributed by atoms with E-state index in [1.54, 1.807) is 0 Å². The van der Waals surface area contributed by atoms with Crippen LogP contribution in [0.5, 0.6) is 0 Å². The van der Waals surface area contributed by atoms with E-state index in [9.17, 15) is 0 Å². The molecule has 8 aromatic rings. The molecule has 0 N–H and O–H groups in total. The van der Waals surface area contributed by atoms with Gasteiger partial charge in [0.1, 0.15) is 11.2 Å². The smallest absolute Gasteiger partial charge is 0.143 e. The van der Waals surface area contributed by atoms with Crippen molar-refractivity contribution >= 4 is 43.5 Å². The van der Waals surface area contributed by atoms with E-state index in [-0.39, 0.29) is 0 Å². The highest BCUT2D eigenvalue weighted by molar-refractivity contribution is 6.21. The Bertz CT molecular complexity index is 2170. The third-order valence-electron chi connectivity index (χ3n) is 8.21. The fourth-order valence-corrected chi connectivity index (χ4v) is 6.40. The molecule has 0 bridgehead atoms. The van der Waals surface area contributed by atoms with Crippen molar-refractivity contribution in [3.63, 3.8) is 0 Å². The quantitative estimate of drug-likeness (QED) is 0.215. The highest BCUT2D eigenvalue weighted by atomic mass is 16.3. The fraction of sp³-hybridized carbons (Fsp3) is 0.0256. The molecule has 0 atom stereocenters. The summed E-state index contributed by atoms with van der Waals surface area (Å²) in [4.78, 5) is 0. The molecule has 40 heavy (non-hydrogen) atoms. The Hall–Kier alpha value is -5.14. The zero-order chi connectivity index (χ0) is 26.6. The lowest BCUT2D eigenvalue weighted by atomic mass is 9.84. The first-order valence-corrected chi connectivity index (χ1v) is 13.8. The summed E-state index contributed by atoms with van der Waals surface area (Å²) in [7, 11) is 0. The van der Waals surface area contributed by atoms with Crippen molar-refractivity contribution in [2.45, 2.75) is 6.92 Å². The van der Waals surface area contributed by atoms with Gasteiger partial charge >= 0.3 is 0 Å². The number of fused-ring (bicyclic) bond motifs is 5. The molecular formula is C39H26O. The monoisotopic (exact) mass is 510 g/mol. The molecule has 0 aliphatic heterocycles. The first-order chi connectivity index (χ1) is 19.8. The van der Waals surface area contributed by atoms with E-state index < -0.39 is 0 Å². The van der Waals surface area contributed by atoms with Crippen LogP contribution in [-0.4, -0.2) is 0 Å². The van der Waals surface area contributed by atoms with Gasteiger partial charge in [0.2, 0.25) is 0 Å². The molecule has 1 heterocycles. The minimum absolute atomic E-state index is 0.921. The van der Waals surface area contributed by atoms with Gasteiger partial charge < -0.3 is 4.42 Å². The molecule has 0 fully saturated rings. The number of benzene rings is 7. The lowest BCUT2D eigenvalue weighted by Gasteiger charge is -2.19. The zero-order valence-corrected chi connectivity index (χ0v) is 22.2. The maximum absolute atomic E-state index is 6.40. The van der Waals surface area contributed by atoms with E-state index in [0.717, 1.165) is 33.1 Å². The molecule has 0 aliphatic rings. The Kier molecular flexibility index (Phi) is 5.11. The van der Waals surface area contributed by atoms with Crippen LogP contribution >= 0.6 is 0 Å². The van der Waals surface area contributed by atoms with Crippen molar-refractivity contribution in [2.24, 2.45) is 0 Å². The fourth-order valence-electron chi connectivity index (χ4n) is 6.40. The van der Waals surface area contributed by atoms with Crippen LogP contribution in [0.15, 0.2) is 144 Å². The normalized spacial score (nSPS) is 11.6. The average Bonchev–Trinajstić information content (AvgIpc) is 3.39. The van der Waals surface area contributed by atoms with Gasteiger partial charge in [-0.1, -0.05) is 127 Å². The van der Waals surface area contributed by atoms with Gasteiger partial charge in [-0.15, -0.1) is 0 Å². The van der Waals surface area contributed by atoms with Gasteiger partial charge in [0.25, 0.3) is 0 Å². The van der Waals surface area contributed by atoms with E-state index in [1.807, 2.05) is 12.1 Å². The summed E-state index contributed by atoms with van der Waals surface area (Å²) in [5.41, 5.74) is 10.5. The van der Waals surface area contributed by atoms with E-state index in [2.05, 4.69) is 134 Å². The summed E-state index contributed by atoms with van der Waals surface area (Å²) >= 11 is 0. The second-order valence-corrected chi connectivity index (χ2v) is 10.5. The van der Waals surface area contributed by atoms with E-state index in [4.69, 9.17) is 4.42 Å². The molecule has 0 spiro atoms. The van der Waals surface area contributed by atoms with Crippen molar-refractivity contribution in [1.29, 1.82) is 0 Å². The topological polar surface area (TPSA) is 13.1 Å². The minimum atomic E-state index is 0.921. The van der Waals surface area contributed by atoms with Crippen molar-refractivity contribution < 1.29 is 4.42 Å². The first-order valence-electron chi connectivity index (χ1n) is 13.8. The van der Waals surface area contributed by atoms with E-state index in [0.29, 0.717) is 0 Å². The van der Waals surface area contributed by atoms with Crippen LogP contribution in [0.2, 0.25) is 0 Å². The molecule has 0 radical (unpaired) electrons. The summed E-state index contributed by atoms with van der Waals surface area (Å²) in [6.45, 7) is 2.20. The summed E-state index contributed by atoms with van der Waals surface area (Å²) < 4.78 is 6.40. The molecule has 0 saturated carbocycles. The minimum Gasteiger partial charge on any atom is -0.455 e. The van der Waals surface area contributed by atoms with Crippen LogP contribution in [0.25, 0.3) is 76.9 Å². The molecule has 7 aromatic carbocycles. The van der Waals surface area contributed by atoms with Gasteiger partial charge in [0, 0.05) is 16.3 Å². The maximum atomic E-state index is 6.40. The molecule has 1 heteroatoms. The number of hydrogen-bond donors (Lipinski definition) is 0. The Labute approximate surface area is 232 Å². The Morgan fingerprint density at radius 3 is 1.65 bits per heavy atom. The van der Waals surface area contributed by atoms with Gasteiger partial charge in [0.05, 0.1) is 0 Å². The number of furan rings is 1. The summed E-state index contributed by atoms with van der Waals surface area (Å²) in [5, 5.41) is 7.37. The lowest BCUT2D eigenvalue weighted by Crippen LogP contribution is -1.92. The summed E-state index contributed by atoms with van der Waals surface area (Å²) in [5.74, 6) is 0. The Morgan fingerprint density at radius 1 is 0.400 bits per heavy atom. The third-order valence-corrected chi connectivity index (χ3v) is 8.21. The summed E-state index contributed by atoms with van der Waals surface area (Å²) in [6, 6.07) is 50.1. The number of hydrogen-bond acceptors (Lipinski definition) is 1. The highest BCUT2D eigenvalue weighted by Crippen LogP contribution is 2.45. The van der Waals surface area contributed by atoms with E-state index >= 15 is 0 Å². The first kappa shape index (κ1) is 22.8. The molecule has 8 rings (SSSR count). The second kappa shape index (κ2) is 8.97. The number of rotatable bonds is 3. The molecule has 1 nitrogen and oxygen atoms in total. The Morgan fingerprint density at radius 2 is 0.925 bits per heavy atom. The van der Waals surface area contributed by atoms with Gasteiger partial charge in [-0.2, -0.15) is 0 Å². The van der Waals surface area contributed by atoms with Crippen molar-refractivity contribution in [3.8, 4) is 33.4 Å². The maximum Gasteiger partial charge on any atom is 0.143 e. The lowest BCUT2D eigenvalue weighted by molar-refractivity contribution is 0.670. The van der Waals surface area contributed by atoms with Gasteiger partial charge in [0.15, 0.2) is 0 Å². The predicted octanol–water partition coefficient (Wildman–Crippen LogP) is 11.2. The Balaban J connectivity index is 1.42. The van der Waals surface area contributed by atoms with Crippen LogP contribution in [0.3, 0.4) is 0 Å². The zero-order valence-electron chi connectivity index (χ0n) is 22.2. The second-order valence-electron chi connectivity index (χ2n) is 10.5. The largest absolute Gasteiger partial charge is 0.455 e. The van der Waals surface area contributed by atoms with E-state index in [1.165, 1.54) is 49.4 Å². The van der Waals surface area contributed by atoms with Crippen molar-refractivity contribution in [1.82, 2.24) is 0 Å². The van der Waals surface area contributed by atoms with Crippen molar-refractivity contribution in [2.75, 3.05) is 0 Å². The van der Waals surface area contributed by atoms with Crippen LogP contribution in [-0.2, 0) is 0 Å². The molecule has 0 unspecified atom stereocenters. The predicted molar refractivity (Wildman–Crippen MR) is 170 cm³/mol. The summed E-state index contributed by atoms with van der Waals surface area (Å²) in [6.07, 6.45) is 0. The molecule has 1 aromatic heterocycles. The number of aryl methyl sites for hydroxylation is 1.